The molecular formula is C21H31N5O. The summed E-state index contributed by atoms with van der Waals surface area (Å²) in [5.74, 6) is -0.155. The van der Waals surface area contributed by atoms with Crippen molar-refractivity contribution < 1.29 is 4.79 Å². The van der Waals surface area contributed by atoms with Gasteiger partial charge in [0.05, 0.1) is 11.3 Å². The van der Waals surface area contributed by atoms with Crippen LogP contribution in [0.4, 0.5) is 17.1 Å². The number of nitrogens with one attached hydrogen (secondary N) is 2. The van der Waals surface area contributed by atoms with Gasteiger partial charge in [0.15, 0.2) is 0 Å². The van der Waals surface area contributed by atoms with Gasteiger partial charge < -0.3 is 20.4 Å². The van der Waals surface area contributed by atoms with Gasteiger partial charge in [0.1, 0.15) is 0 Å². The number of likely N-dealkylation sites (N-methyl/N-ethyl adjacent to an activating group) is 1. The molecule has 6 nitrogen and oxygen atoms in total. The maximum absolute atomic E-state index is 12.6. The van der Waals surface area contributed by atoms with E-state index in [0.29, 0.717) is 5.56 Å². The number of pyridine rings is 1. The fourth-order valence-corrected chi connectivity index (χ4v) is 2.85. The number of rotatable bonds is 9. The van der Waals surface area contributed by atoms with Crippen molar-refractivity contribution in [1.29, 1.82) is 0 Å². The minimum Gasteiger partial charge on any atom is -0.382 e. The molecule has 0 aliphatic carbocycles. The van der Waals surface area contributed by atoms with Crippen LogP contribution in [0, 0.1) is 6.92 Å². The maximum atomic E-state index is 12.6. The lowest BCUT2D eigenvalue weighted by Gasteiger charge is -2.22. The molecule has 1 amide bonds. The number of amides is 1. The van der Waals surface area contributed by atoms with Gasteiger partial charge in [0.2, 0.25) is 0 Å². The summed E-state index contributed by atoms with van der Waals surface area (Å²) >= 11 is 0. The number of nitrogens with zero attached hydrogens (tertiary/aromatic N) is 3. The van der Waals surface area contributed by atoms with Gasteiger partial charge in [0, 0.05) is 49.9 Å². The van der Waals surface area contributed by atoms with E-state index in [1.54, 1.807) is 12.4 Å². The molecule has 1 aromatic carbocycles. The van der Waals surface area contributed by atoms with Crippen LogP contribution in [0.1, 0.15) is 29.8 Å². The Hall–Kier alpha value is -2.60. The highest BCUT2D eigenvalue weighted by Gasteiger charge is 2.11. The van der Waals surface area contributed by atoms with Crippen molar-refractivity contribution in [2.75, 3.05) is 55.8 Å². The number of benzene rings is 1. The molecule has 2 rings (SSSR count). The lowest BCUT2D eigenvalue weighted by molar-refractivity contribution is 0.102. The third-order valence-electron chi connectivity index (χ3n) is 4.48. The van der Waals surface area contributed by atoms with Crippen molar-refractivity contribution in [2.45, 2.75) is 20.8 Å². The van der Waals surface area contributed by atoms with E-state index in [9.17, 15) is 4.79 Å². The van der Waals surface area contributed by atoms with E-state index >= 15 is 0 Å². The number of carbonyl (C=O) groups excluding carboxylic acids is 1. The molecule has 0 atom stereocenters. The lowest BCUT2D eigenvalue weighted by atomic mass is 10.1. The summed E-state index contributed by atoms with van der Waals surface area (Å²) in [5, 5.41) is 6.29. The molecule has 0 aliphatic heterocycles. The number of anilines is 3. The summed E-state index contributed by atoms with van der Waals surface area (Å²) < 4.78 is 0. The molecule has 146 valence electrons. The molecule has 2 N–H and O–H groups in total. The monoisotopic (exact) mass is 369 g/mol. The maximum Gasteiger partial charge on any atom is 0.257 e. The van der Waals surface area contributed by atoms with Crippen LogP contribution in [0.5, 0.6) is 0 Å². The Morgan fingerprint density at radius 2 is 1.85 bits per heavy atom. The minimum absolute atomic E-state index is 0.155. The van der Waals surface area contributed by atoms with Crippen molar-refractivity contribution in [2.24, 2.45) is 0 Å². The Morgan fingerprint density at radius 1 is 1.11 bits per heavy atom. The quantitative estimate of drug-likeness (QED) is 0.709. The number of hydrogen-bond acceptors (Lipinski definition) is 5. The van der Waals surface area contributed by atoms with Crippen LogP contribution in [-0.4, -0.2) is 56.1 Å². The van der Waals surface area contributed by atoms with Crippen LogP contribution in [0.2, 0.25) is 0 Å². The summed E-state index contributed by atoms with van der Waals surface area (Å²) in [6, 6.07) is 7.96. The standard InChI is InChI=1S/C21H31N5O/c1-6-26(7-2)19-8-9-20(16(3)12-19)24-21(27)17-13-18(15-22-14-17)23-10-11-25(4)5/h8-9,12-15,23H,6-7,10-11H2,1-5H3,(H,24,27). The van der Waals surface area contributed by atoms with Gasteiger partial charge in [-0.25, -0.2) is 0 Å². The highest BCUT2D eigenvalue weighted by Crippen LogP contribution is 2.23. The van der Waals surface area contributed by atoms with Gasteiger partial charge in [-0.2, -0.15) is 0 Å². The van der Waals surface area contributed by atoms with E-state index in [-0.39, 0.29) is 5.91 Å². The molecule has 27 heavy (non-hydrogen) atoms. The molecule has 0 aliphatic rings. The number of carbonyl (C=O) groups is 1. The molecular weight excluding hydrogens is 338 g/mol. The Morgan fingerprint density at radius 3 is 2.48 bits per heavy atom. The second-order valence-corrected chi connectivity index (χ2v) is 6.82. The van der Waals surface area contributed by atoms with Gasteiger partial charge in [-0.15, -0.1) is 0 Å². The number of aryl methyl sites for hydroxylation is 1. The Bertz CT molecular complexity index is 756. The summed E-state index contributed by atoms with van der Waals surface area (Å²) in [5.41, 5.74) is 4.42. The third kappa shape index (κ3) is 5.96. The molecule has 1 heterocycles. The molecule has 0 unspecified atom stereocenters. The molecule has 0 bridgehead atoms. The third-order valence-corrected chi connectivity index (χ3v) is 4.48. The first kappa shape index (κ1) is 20.7. The SMILES string of the molecule is CCN(CC)c1ccc(NC(=O)c2cncc(NCCN(C)C)c2)c(C)c1. The number of hydrogen-bond donors (Lipinski definition) is 2. The highest BCUT2D eigenvalue weighted by atomic mass is 16.1. The summed E-state index contributed by atoms with van der Waals surface area (Å²) in [6.07, 6.45) is 3.32. The van der Waals surface area contributed by atoms with Crippen LogP contribution >= 0.6 is 0 Å². The second-order valence-electron chi connectivity index (χ2n) is 6.82. The van der Waals surface area contributed by atoms with E-state index in [1.165, 1.54) is 5.69 Å². The van der Waals surface area contributed by atoms with Crippen molar-refractivity contribution in [3.05, 3.63) is 47.8 Å². The van der Waals surface area contributed by atoms with Gasteiger partial charge in [-0.3, -0.25) is 9.78 Å². The van der Waals surface area contributed by atoms with Crippen LogP contribution in [0.15, 0.2) is 36.7 Å². The van der Waals surface area contributed by atoms with Crippen molar-refractivity contribution >= 4 is 23.0 Å². The molecule has 0 saturated carbocycles. The first-order valence-electron chi connectivity index (χ1n) is 9.45. The zero-order valence-corrected chi connectivity index (χ0v) is 17.0. The topological polar surface area (TPSA) is 60.5 Å². The molecule has 6 heteroatoms. The van der Waals surface area contributed by atoms with E-state index in [4.69, 9.17) is 0 Å². The summed E-state index contributed by atoms with van der Waals surface area (Å²) in [4.78, 5) is 21.2. The molecule has 0 spiro atoms. The van der Waals surface area contributed by atoms with E-state index in [0.717, 1.165) is 43.1 Å². The predicted octanol–water partition coefficient (Wildman–Crippen LogP) is 3.46. The largest absolute Gasteiger partial charge is 0.382 e. The zero-order valence-electron chi connectivity index (χ0n) is 17.0. The summed E-state index contributed by atoms with van der Waals surface area (Å²) in [6.45, 7) is 9.92. The molecule has 0 radical (unpaired) electrons. The van der Waals surface area contributed by atoms with Crippen LogP contribution < -0.4 is 15.5 Å². The fraction of sp³-hybridized carbons (Fsp3) is 0.429. The first-order chi connectivity index (χ1) is 12.9. The van der Waals surface area contributed by atoms with E-state index < -0.39 is 0 Å². The number of aromatic nitrogens is 1. The Labute approximate surface area is 162 Å². The van der Waals surface area contributed by atoms with Crippen molar-refractivity contribution in [3.8, 4) is 0 Å². The van der Waals surface area contributed by atoms with Crippen molar-refractivity contribution in [3.63, 3.8) is 0 Å². The zero-order chi connectivity index (χ0) is 19.8. The molecule has 0 fully saturated rings. The van der Waals surface area contributed by atoms with E-state index in [2.05, 4.69) is 45.3 Å². The van der Waals surface area contributed by atoms with Gasteiger partial charge >= 0.3 is 0 Å². The highest BCUT2D eigenvalue weighted by molar-refractivity contribution is 6.05. The normalized spacial score (nSPS) is 10.7. The predicted molar refractivity (Wildman–Crippen MR) is 114 cm³/mol. The molecule has 1 aromatic heterocycles. The Kier molecular flexibility index (Phi) is 7.61. The average Bonchev–Trinajstić information content (AvgIpc) is 2.64. The van der Waals surface area contributed by atoms with Crippen LogP contribution in [-0.2, 0) is 0 Å². The second kappa shape index (κ2) is 9.92. The molecule has 2 aromatic rings. The Balaban J connectivity index is 2.06. The van der Waals surface area contributed by atoms with E-state index in [1.807, 2.05) is 39.2 Å². The fourth-order valence-electron chi connectivity index (χ4n) is 2.85. The van der Waals surface area contributed by atoms with Crippen molar-refractivity contribution in [1.82, 2.24) is 9.88 Å². The molecule has 0 saturated heterocycles. The van der Waals surface area contributed by atoms with Gasteiger partial charge in [0.25, 0.3) is 5.91 Å². The van der Waals surface area contributed by atoms with Crippen LogP contribution in [0.3, 0.4) is 0 Å². The lowest BCUT2D eigenvalue weighted by Crippen LogP contribution is -2.22. The van der Waals surface area contributed by atoms with Gasteiger partial charge in [-0.05, 0) is 64.7 Å². The first-order valence-corrected chi connectivity index (χ1v) is 9.45. The summed E-state index contributed by atoms with van der Waals surface area (Å²) in [7, 11) is 4.05. The van der Waals surface area contributed by atoms with Crippen LogP contribution in [0.25, 0.3) is 0 Å². The smallest absolute Gasteiger partial charge is 0.257 e. The van der Waals surface area contributed by atoms with Gasteiger partial charge in [-0.1, -0.05) is 0 Å². The average molecular weight is 370 g/mol. The minimum atomic E-state index is -0.155.